The van der Waals surface area contributed by atoms with E-state index in [1.807, 2.05) is 0 Å². The number of hydrogen-bond acceptors (Lipinski definition) is 8. The van der Waals surface area contributed by atoms with Crippen LogP contribution in [-0.2, 0) is 19.2 Å². The largest absolute Gasteiger partial charge is 0.480 e. The number of nitrogens with zero attached hydrogens (tertiary/aromatic N) is 1. The van der Waals surface area contributed by atoms with E-state index in [1.54, 1.807) is 6.26 Å². The highest BCUT2D eigenvalue weighted by Crippen LogP contribution is 2.18. The van der Waals surface area contributed by atoms with Gasteiger partial charge in [-0.2, -0.15) is 11.8 Å². The summed E-state index contributed by atoms with van der Waals surface area (Å²) in [6.45, 7) is -1.00. The van der Waals surface area contributed by atoms with Crippen LogP contribution in [0.5, 0.6) is 0 Å². The van der Waals surface area contributed by atoms with Gasteiger partial charge in [-0.25, -0.2) is 4.79 Å². The summed E-state index contributed by atoms with van der Waals surface area (Å²) in [5.41, 5.74) is 5.52. The van der Waals surface area contributed by atoms with Crippen molar-refractivity contribution in [1.29, 1.82) is 0 Å². The zero-order valence-corrected chi connectivity index (χ0v) is 16.5. The molecule has 4 atom stereocenters. The maximum Gasteiger partial charge on any atom is 0.326 e. The summed E-state index contributed by atoms with van der Waals surface area (Å²) in [4.78, 5) is 49.4. The fraction of sp³-hybridized carbons (Fsp3) is 0.750. The predicted octanol–water partition coefficient (Wildman–Crippen LogP) is -2.90. The van der Waals surface area contributed by atoms with Gasteiger partial charge in [0.05, 0.1) is 13.2 Å². The van der Waals surface area contributed by atoms with Gasteiger partial charge in [0.1, 0.15) is 24.2 Å². The van der Waals surface area contributed by atoms with Crippen molar-refractivity contribution >= 4 is 35.5 Å². The van der Waals surface area contributed by atoms with E-state index in [4.69, 9.17) is 10.8 Å². The second-order valence-corrected chi connectivity index (χ2v) is 7.39. The summed E-state index contributed by atoms with van der Waals surface area (Å²) in [6.07, 6.45) is 2.89. The van der Waals surface area contributed by atoms with Crippen molar-refractivity contribution in [1.82, 2.24) is 15.5 Å². The lowest BCUT2D eigenvalue weighted by Gasteiger charge is -2.27. The number of amides is 3. The molecule has 1 heterocycles. The Morgan fingerprint density at radius 2 is 1.86 bits per heavy atom. The molecule has 28 heavy (non-hydrogen) atoms. The topological polar surface area (TPSA) is 182 Å². The van der Waals surface area contributed by atoms with E-state index >= 15 is 0 Å². The minimum Gasteiger partial charge on any atom is -0.480 e. The van der Waals surface area contributed by atoms with Crippen molar-refractivity contribution in [2.45, 2.75) is 43.4 Å². The first-order chi connectivity index (χ1) is 13.3. The van der Waals surface area contributed by atoms with Crippen LogP contribution in [0, 0.1) is 0 Å². The minimum absolute atomic E-state index is 0.193. The van der Waals surface area contributed by atoms with E-state index in [1.165, 1.54) is 16.7 Å². The third-order valence-corrected chi connectivity index (χ3v) is 5.04. The molecule has 0 aromatic carbocycles. The normalized spacial score (nSPS) is 19.6. The van der Waals surface area contributed by atoms with Crippen LogP contribution in [0.25, 0.3) is 0 Å². The number of aliphatic hydroxyl groups is 2. The Morgan fingerprint density at radius 1 is 1.18 bits per heavy atom. The number of nitrogens with one attached hydrogen (secondary N) is 2. The third-order valence-electron chi connectivity index (χ3n) is 4.39. The zero-order valence-electron chi connectivity index (χ0n) is 15.7. The number of aliphatic hydroxyl groups excluding tert-OH is 2. The molecular weight excluding hydrogens is 392 g/mol. The van der Waals surface area contributed by atoms with Gasteiger partial charge in [-0.15, -0.1) is 0 Å². The van der Waals surface area contributed by atoms with Crippen LogP contribution in [0.2, 0.25) is 0 Å². The van der Waals surface area contributed by atoms with Crippen LogP contribution in [0.15, 0.2) is 0 Å². The number of nitrogens with two attached hydrogens (primary N) is 1. The third kappa shape index (κ3) is 6.62. The average molecular weight is 420 g/mol. The lowest BCUT2D eigenvalue weighted by atomic mass is 10.1. The van der Waals surface area contributed by atoms with Gasteiger partial charge in [0.15, 0.2) is 0 Å². The van der Waals surface area contributed by atoms with E-state index in [0.29, 0.717) is 18.6 Å². The first-order valence-electron chi connectivity index (χ1n) is 8.87. The molecule has 0 aromatic rings. The number of carbonyl (C=O) groups is 4. The van der Waals surface area contributed by atoms with E-state index in [2.05, 4.69) is 10.6 Å². The number of carboxylic acids is 1. The molecule has 1 aliphatic heterocycles. The molecule has 1 saturated heterocycles. The van der Waals surface area contributed by atoms with Crippen LogP contribution in [0.1, 0.15) is 19.3 Å². The van der Waals surface area contributed by atoms with Crippen LogP contribution in [0.3, 0.4) is 0 Å². The Balaban J connectivity index is 2.74. The maximum absolute atomic E-state index is 12.5. The fourth-order valence-electron chi connectivity index (χ4n) is 2.82. The van der Waals surface area contributed by atoms with Crippen LogP contribution in [0.4, 0.5) is 0 Å². The highest BCUT2D eigenvalue weighted by Gasteiger charge is 2.37. The molecule has 7 N–H and O–H groups in total. The molecule has 1 aliphatic rings. The highest BCUT2D eigenvalue weighted by atomic mass is 32.2. The molecule has 0 saturated carbocycles. The molecule has 12 heteroatoms. The number of carboxylic acid groups (broad SMARTS) is 1. The second kappa shape index (κ2) is 11.8. The maximum atomic E-state index is 12.5. The van der Waals surface area contributed by atoms with Gasteiger partial charge < -0.3 is 36.6 Å². The van der Waals surface area contributed by atoms with Crippen LogP contribution < -0.4 is 16.4 Å². The van der Waals surface area contributed by atoms with E-state index in [0.717, 1.165) is 0 Å². The second-order valence-electron chi connectivity index (χ2n) is 6.40. The molecule has 11 nitrogen and oxygen atoms in total. The Morgan fingerprint density at radius 3 is 2.39 bits per heavy atom. The van der Waals surface area contributed by atoms with Crippen molar-refractivity contribution in [2.75, 3.05) is 31.8 Å². The number of aliphatic carboxylic acids is 1. The lowest BCUT2D eigenvalue weighted by Crippen LogP contribution is -2.57. The summed E-state index contributed by atoms with van der Waals surface area (Å²) in [5, 5.41) is 32.3. The van der Waals surface area contributed by atoms with Gasteiger partial charge in [-0.05, 0) is 31.3 Å². The van der Waals surface area contributed by atoms with Gasteiger partial charge in [-0.1, -0.05) is 0 Å². The summed E-state index contributed by atoms with van der Waals surface area (Å²) >= 11 is 1.42. The van der Waals surface area contributed by atoms with E-state index < -0.39 is 61.1 Å². The van der Waals surface area contributed by atoms with Crippen molar-refractivity contribution < 1.29 is 34.5 Å². The lowest BCUT2D eigenvalue weighted by molar-refractivity contribution is -0.143. The van der Waals surface area contributed by atoms with Crippen molar-refractivity contribution in [3.05, 3.63) is 0 Å². The van der Waals surface area contributed by atoms with Gasteiger partial charge in [0, 0.05) is 6.54 Å². The Hall–Kier alpha value is -1.89. The molecule has 0 aromatic heterocycles. The molecular formula is C16H28N4O7S. The predicted molar refractivity (Wildman–Crippen MR) is 101 cm³/mol. The number of hydrogen-bond donors (Lipinski definition) is 6. The fourth-order valence-corrected chi connectivity index (χ4v) is 3.29. The SMILES string of the molecule is CSCCC(NC(=O)C(CO)NC(=O)C1CCCN1C(=O)C(N)CO)C(=O)O. The van der Waals surface area contributed by atoms with Crippen LogP contribution >= 0.6 is 11.8 Å². The van der Waals surface area contributed by atoms with Crippen LogP contribution in [-0.4, -0.2) is 99.8 Å². The molecule has 1 fully saturated rings. The Bertz CT molecular complexity index is 577. The van der Waals surface area contributed by atoms with Gasteiger partial charge in [-0.3, -0.25) is 14.4 Å². The zero-order chi connectivity index (χ0) is 21.3. The molecule has 4 unspecified atom stereocenters. The molecule has 0 spiro atoms. The highest BCUT2D eigenvalue weighted by molar-refractivity contribution is 7.98. The summed E-state index contributed by atoms with van der Waals surface area (Å²) in [5.74, 6) is -2.75. The van der Waals surface area contributed by atoms with Gasteiger partial charge in [0.25, 0.3) is 0 Å². The smallest absolute Gasteiger partial charge is 0.326 e. The minimum atomic E-state index is -1.35. The monoisotopic (exact) mass is 420 g/mol. The van der Waals surface area contributed by atoms with Gasteiger partial charge in [0.2, 0.25) is 17.7 Å². The molecule has 160 valence electrons. The average Bonchev–Trinajstić information content (AvgIpc) is 3.17. The van der Waals surface area contributed by atoms with Crippen molar-refractivity contribution in [3.8, 4) is 0 Å². The van der Waals surface area contributed by atoms with Gasteiger partial charge >= 0.3 is 5.97 Å². The number of carbonyl (C=O) groups excluding carboxylic acids is 3. The summed E-state index contributed by atoms with van der Waals surface area (Å²) < 4.78 is 0. The van der Waals surface area contributed by atoms with Crippen molar-refractivity contribution in [3.63, 3.8) is 0 Å². The van der Waals surface area contributed by atoms with Crippen molar-refractivity contribution in [2.24, 2.45) is 5.73 Å². The quantitative estimate of drug-likeness (QED) is 0.204. The first-order valence-corrected chi connectivity index (χ1v) is 10.3. The number of thioether (sulfide) groups is 1. The standard InChI is InChI=1S/C16H28N4O7S/c1-28-6-4-10(16(26)27)18-13(23)11(8-22)19-14(24)12-3-2-5-20(12)15(25)9(17)7-21/h9-12,21-22H,2-8,17H2,1H3,(H,18,23)(H,19,24)(H,26,27). The van der Waals surface area contributed by atoms with E-state index in [-0.39, 0.29) is 13.0 Å². The molecule has 0 bridgehead atoms. The summed E-state index contributed by atoms with van der Waals surface area (Å²) in [7, 11) is 0. The number of rotatable bonds is 11. The first kappa shape index (κ1) is 24.1. The Kier molecular flexibility index (Phi) is 10.2. The summed E-state index contributed by atoms with van der Waals surface area (Å²) in [6, 6.07) is -4.51. The molecule has 0 radical (unpaired) electrons. The van der Waals surface area contributed by atoms with E-state index in [9.17, 15) is 29.4 Å². The Labute approximate surface area is 167 Å². The number of likely N-dealkylation sites (tertiary alicyclic amines) is 1. The molecule has 0 aliphatic carbocycles. The molecule has 1 rings (SSSR count). The molecule has 3 amide bonds.